The van der Waals surface area contributed by atoms with Crippen LogP contribution in [-0.2, 0) is 0 Å². The molecule has 0 aliphatic heterocycles. The second kappa shape index (κ2) is 12.1. The average molecular weight is 552 g/mol. The number of rotatable bonds is 9. The molecule has 1 amide bonds. The number of nitrogens with zero attached hydrogens (tertiary/aromatic N) is 3. The van der Waals surface area contributed by atoms with Gasteiger partial charge in [0, 0.05) is 17.1 Å². The first kappa shape index (κ1) is 27.6. The van der Waals surface area contributed by atoms with Crippen molar-refractivity contribution in [3.8, 4) is 5.69 Å². The molecule has 0 aliphatic rings. The van der Waals surface area contributed by atoms with Crippen LogP contribution in [0.3, 0.4) is 0 Å². The van der Waals surface area contributed by atoms with Crippen molar-refractivity contribution in [2.75, 3.05) is 6.54 Å². The van der Waals surface area contributed by atoms with Gasteiger partial charge in [0.1, 0.15) is 5.82 Å². The first-order valence-electron chi connectivity index (χ1n) is 14.0. The third-order valence-electron chi connectivity index (χ3n) is 7.63. The Hall–Kier alpha value is -3.96. The van der Waals surface area contributed by atoms with E-state index >= 15 is 0 Å². The van der Waals surface area contributed by atoms with Crippen molar-refractivity contribution in [3.63, 3.8) is 0 Å². The Morgan fingerprint density at radius 2 is 1.68 bits per heavy atom. The minimum absolute atomic E-state index is 0.0773. The Labute approximate surface area is 240 Å². The van der Waals surface area contributed by atoms with E-state index in [1.807, 2.05) is 97.6 Å². The highest BCUT2D eigenvalue weighted by atomic mass is 35.5. The SMILES string of the molecule is CCCCCCN(C(=O)c1ccc2ccccc2c1)C(C)c1nc2ccccc2c(=O)n1-c1cccc(Cl)c1C. The second-order valence-electron chi connectivity index (χ2n) is 10.3. The molecule has 0 N–H and O–H groups in total. The van der Waals surface area contributed by atoms with Crippen molar-refractivity contribution in [2.24, 2.45) is 0 Å². The summed E-state index contributed by atoms with van der Waals surface area (Å²) >= 11 is 6.50. The fraction of sp³-hybridized carbons (Fsp3) is 0.265. The molecule has 5 aromatic rings. The first-order valence-corrected chi connectivity index (χ1v) is 14.4. The number of carbonyl (C=O) groups excluding carboxylic acids is 1. The van der Waals surface area contributed by atoms with Crippen molar-refractivity contribution in [2.45, 2.75) is 52.5 Å². The predicted octanol–water partition coefficient (Wildman–Crippen LogP) is 8.28. The summed E-state index contributed by atoms with van der Waals surface area (Å²) in [5.74, 6) is 0.435. The molecule has 1 unspecified atom stereocenters. The van der Waals surface area contributed by atoms with Crippen molar-refractivity contribution in [3.05, 3.63) is 117 Å². The minimum atomic E-state index is -0.476. The number of para-hydroxylation sites is 1. The van der Waals surface area contributed by atoms with Gasteiger partial charge in [-0.25, -0.2) is 4.98 Å². The highest BCUT2D eigenvalue weighted by molar-refractivity contribution is 6.31. The molecule has 4 aromatic carbocycles. The minimum Gasteiger partial charge on any atom is -0.329 e. The molecular formula is C34H34ClN3O2. The maximum atomic E-state index is 14.2. The van der Waals surface area contributed by atoms with Crippen LogP contribution >= 0.6 is 11.6 Å². The zero-order chi connectivity index (χ0) is 28.2. The lowest BCUT2D eigenvalue weighted by Gasteiger charge is -2.31. The number of amides is 1. The number of benzene rings is 4. The summed E-state index contributed by atoms with van der Waals surface area (Å²) in [7, 11) is 0. The molecule has 1 atom stereocenters. The topological polar surface area (TPSA) is 55.2 Å². The molecule has 204 valence electrons. The number of aromatic nitrogens is 2. The van der Waals surface area contributed by atoms with Gasteiger partial charge in [-0.1, -0.05) is 86.3 Å². The van der Waals surface area contributed by atoms with Crippen LogP contribution in [0.15, 0.2) is 89.7 Å². The van der Waals surface area contributed by atoms with Crippen LogP contribution in [0.4, 0.5) is 0 Å². The van der Waals surface area contributed by atoms with E-state index in [-0.39, 0.29) is 11.5 Å². The molecule has 40 heavy (non-hydrogen) atoms. The van der Waals surface area contributed by atoms with E-state index in [4.69, 9.17) is 16.6 Å². The van der Waals surface area contributed by atoms with Gasteiger partial charge in [0.15, 0.2) is 0 Å². The summed E-state index contributed by atoms with van der Waals surface area (Å²) in [5, 5.41) is 3.19. The third kappa shape index (κ3) is 5.39. The zero-order valence-electron chi connectivity index (χ0n) is 23.2. The quantitative estimate of drug-likeness (QED) is 0.173. The molecule has 0 bridgehead atoms. The molecule has 0 aliphatic carbocycles. The van der Waals surface area contributed by atoms with Crippen LogP contribution in [0.2, 0.25) is 5.02 Å². The summed E-state index contributed by atoms with van der Waals surface area (Å²) in [4.78, 5) is 35.0. The lowest BCUT2D eigenvalue weighted by atomic mass is 10.0. The summed E-state index contributed by atoms with van der Waals surface area (Å²) < 4.78 is 1.64. The number of hydrogen-bond donors (Lipinski definition) is 0. The lowest BCUT2D eigenvalue weighted by Crippen LogP contribution is -2.38. The van der Waals surface area contributed by atoms with Gasteiger partial charge < -0.3 is 4.90 Å². The van der Waals surface area contributed by atoms with E-state index in [2.05, 4.69) is 6.92 Å². The molecule has 1 heterocycles. The summed E-state index contributed by atoms with van der Waals surface area (Å²) in [6.45, 7) is 6.60. The van der Waals surface area contributed by atoms with E-state index in [1.165, 1.54) is 0 Å². The molecule has 6 heteroatoms. The summed E-state index contributed by atoms with van der Waals surface area (Å²) in [5.41, 5.74) is 2.50. The summed E-state index contributed by atoms with van der Waals surface area (Å²) in [6, 6.07) is 26.3. The zero-order valence-corrected chi connectivity index (χ0v) is 24.0. The van der Waals surface area contributed by atoms with Crippen LogP contribution in [0.5, 0.6) is 0 Å². The Bertz CT molecular complexity index is 1740. The van der Waals surface area contributed by atoms with E-state index in [9.17, 15) is 9.59 Å². The van der Waals surface area contributed by atoms with Gasteiger partial charge in [0.2, 0.25) is 0 Å². The molecule has 5 rings (SSSR count). The number of unbranched alkanes of at least 4 members (excludes halogenated alkanes) is 3. The Balaban J connectivity index is 1.66. The van der Waals surface area contributed by atoms with Crippen molar-refractivity contribution < 1.29 is 4.79 Å². The van der Waals surface area contributed by atoms with Crippen LogP contribution in [-0.4, -0.2) is 26.9 Å². The van der Waals surface area contributed by atoms with Crippen LogP contribution < -0.4 is 5.56 Å². The van der Waals surface area contributed by atoms with Gasteiger partial charge >= 0.3 is 0 Å². The summed E-state index contributed by atoms with van der Waals surface area (Å²) in [6.07, 6.45) is 4.10. The standard InChI is InChI=1S/C34H34ClN3O2/c1-4-5-6-11-21-37(33(39)27-20-19-25-13-7-8-14-26(25)22-27)24(3)32-36-30-17-10-9-15-28(30)34(40)38(32)31-18-12-16-29(35)23(31)2/h7-10,12-20,22,24H,4-6,11,21H2,1-3H3. The fourth-order valence-corrected chi connectivity index (χ4v) is 5.48. The van der Waals surface area contributed by atoms with Crippen molar-refractivity contribution in [1.82, 2.24) is 14.5 Å². The molecule has 1 aromatic heterocycles. The maximum Gasteiger partial charge on any atom is 0.266 e. The molecule has 0 saturated carbocycles. The Morgan fingerprint density at radius 3 is 2.48 bits per heavy atom. The van der Waals surface area contributed by atoms with Crippen molar-refractivity contribution in [1.29, 1.82) is 0 Å². The molecule has 0 saturated heterocycles. The van der Waals surface area contributed by atoms with Gasteiger partial charge in [0.25, 0.3) is 11.5 Å². The first-order chi connectivity index (χ1) is 19.4. The van der Waals surface area contributed by atoms with Gasteiger partial charge in [-0.15, -0.1) is 0 Å². The van der Waals surface area contributed by atoms with E-state index in [0.29, 0.717) is 39.5 Å². The third-order valence-corrected chi connectivity index (χ3v) is 8.04. The molecule has 0 radical (unpaired) electrons. The normalized spacial score (nSPS) is 12.1. The predicted molar refractivity (Wildman–Crippen MR) is 165 cm³/mol. The second-order valence-corrected chi connectivity index (χ2v) is 10.7. The number of carbonyl (C=O) groups is 1. The molecular weight excluding hydrogens is 518 g/mol. The number of halogens is 1. The van der Waals surface area contributed by atoms with Gasteiger partial charge in [0.05, 0.1) is 22.6 Å². The molecule has 5 nitrogen and oxygen atoms in total. The largest absolute Gasteiger partial charge is 0.329 e. The number of fused-ring (bicyclic) bond motifs is 2. The van der Waals surface area contributed by atoms with E-state index < -0.39 is 6.04 Å². The Kier molecular flexibility index (Phi) is 8.32. The fourth-order valence-electron chi connectivity index (χ4n) is 5.31. The van der Waals surface area contributed by atoms with Gasteiger partial charge in [-0.05, 0) is 73.0 Å². The maximum absolute atomic E-state index is 14.2. The van der Waals surface area contributed by atoms with E-state index in [0.717, 1.165) is 42.0 Å². The van der Waals surface area contributed by atoms with E-state index in [1.54, 1.807) is 10.6 Å². The van der Waals surface area contributed by atoms with Crippen LogP contribution in [0, 0.1) is 6.92 Å². The smallest absolute Gasteiger partial charge is 0.266 e. The van der Waals surface area contributed by atoms with Crippen LogP contribution in [0.1, 0.15) is 67.3 Å². The van der Waals surface area contributed by atoms with Crippen molar-refractivity contribution >= 4 is 39.2 Å². The average Bonchev–Trinajstić information content (AvgIpc) is 2.98. The number of hydrogen-bond acceptors (Lipinski definition) is 3. The monoisotopic (exact) mass is 551 g/mol. The highest BCUT2D eigenvalue weighted by Gasteiger charge is 2.28. The molecule has 0 fully saturated rings. The van der Waals surface area contributed by atoms with Crippen LogP contribution in [0.25, 0.3) is 27.4 Å². The molecule has 0 spiro atoms. The van der Waals surface area contributed by atoms with Gasteiger partial charge in [-0.3, -0.25) is 14.2 Å². The Morgan fingerprint density at radius 1 is 0.925 bits per heavy atom. The lowest BCUT2D eigenvalue weighted by molar-refractivity contribution is 0.0677. The highest BCUT2D eigenvalue weighted by Crippen LogP contribution is 2.29. The van der Waals surface area contributed by atoms with Gasteiger partial charge in [-0.2, -0.15) is 0 Å².